The van der Waals surface area contributed by atoms with Crippen molar-refractivity contribution in [3.63, 3.8) is 0 Å². The molecule has 2 saturated carbocycles. The maximum atomic E-state index is 10.3. The fourth-order valence-corrected chi connectivity index (χ4v) is 10.7. The number of allylic oxidation sites excluding steroid dienone is 2. The van der Waals surface area contributed by atoms with E-state index in [4.69, 9.17) is 4.74 Å². The number of hydrogen-bond donors (Lipinski definition) is 1. The van der Waals surface area contributed by atoms with Crippen LogP contribution in [0.4, 0.5) is 0 Å². The third-order valence-electron chi connectivity index (χ3n) is 12.5. The van der Waals surface area contributed by atoms with Crippen molar-refractivity contribution in [3.05, 3.63) is 58.7 Å². The second kappa shape index (κ2) is 9.32. The molecule has 2 aliphatic heterocycles. The van der Waals surface area contributed by atoms with Crippen LogP contribution in [0, 0.1) is 35.0 Å². The summed E-state index contributed by atoms with van der Waals surface area (Å²) in [6, 6.07) is 11.6. The Morgan fingerprint density at radius 1 is 1.08 bits per heavy atom. The number of aliphatic hydroxyl groups is 1. The third kappa shape index (κ3) is 3.93. The van der Waals surface area contributed by atoms with Gasteiger partial charge in [0.25, 0.3) is 0 Å². The lowest BCUT2D eigenvalue weighted by molar-refractivity contribution is -0.0799. The van der Waals surface area contributed by atoms with Gasteiger partial charge in [-0.15, -0.1) is 0 Å². The van der Waals surface area contributed by atoms with Crippen LogP contribution in [-0.4, -0.2) is 40.4 Å². The van der Waals surface area contributed by atoms with E-state index in [1.54, 1.807) is 11.1 Å². The van der Waals surface area contributed by atoms with Crippen LogP contribution < -0.4 is 0 Å². The lowest BCUT2D eigenvalue weighted by Gasteiger charge is -2.49. The van der Waals surface area contributed by atoms with Crippen LogP contribution in [-0.2, 0) is 11.3 Å². The van der Waals surface area contributed by atoms with Gasteiger partial charge in [0.15, 0.2) is 0 Å². The highest BCUT2D eigenvalue weighted by Gasteiger charge is 2.59. The van der Waals surface area contributed by atoms with E-state index in [0.717, 1.165) is 37.1 Å². The summed E-state index contributed by atoms with van der Waals surface area (Å²) < 4.78 is 7.30. The van der Waals surface area contributed by atoms with Gasteiger partial charge in [-0.25, -0.2) is 0 Å². The molecular weight excluding hydrogens is 466 g/mol. The van der Waals surface area contributed by atoms with Gasteiger partial charge in [-0.1, -0.05) is 73.9 Å². The summed E-state index contributed by atoms with van der Waals surface area (Å²) in [6.07, 6.45) is 13.2. The number of likely N-dealkylation sites (tertiary alicyclic amines) is 1. The number of fused-ring (bicyclic) bond motifs is 6. The number of aliphatic hydroxyl groups excluding tert-OH is 1. The Kier molecular flexibility index (Phi) is 6.26. The Labute approximate surface area is 230 Å². The molecule has 2 saturated heterocycles. The smallest absolute Gasteiger partial charge is 0.0765 e. The van der Waals surface area contributed by atoms with Crippen LogP contribution >= 0.6 is 0 Å². The number of hydrogen-bond acceptors (Lipinski definition) is 3. The third-order valence-corrected chi connectivity index (χ3v) is 12.5. The first kappa shape index (κ1) is 25.5. The van der Waals surface area contributed by atoms with E-state index in [1.165, 1.54) is 57.1 Å². The molecule has 2 heterocycles. The SMILES string of the molecule is CC1=C2C[C@H]3[C@@H](CCC4=C[C@@H](O)CC[C@@]43C)[C@@H]2CC[C@@]2(C1)O[C@@H]1C[C@H](C)CN(Cc3ccccc3)[C@H]1[C@H]2C. The zero-order valence-corrected chi connectivity index (χ0v) is 24.2. The van der Waals surface area contributed by atoms with E-state index in [0.29, 0.717) is 29.4 Å². The minimum atomic E-state index is -0.212. The number of nitrogens with zero attached hydrogens (tertiary/aromatic N) is 1. The molecule has 1 aromatic carbocycles. The maximum Gasteiger partial charge on any atom is 0.0765 e. The molecule has 3 heteroatoms. The Hall–Kier alpha value is -1.42. The largest absolute Gasteiger partial charge is 0.389 e. The second-order valence-electron chi connectivity index (χ2n) is 14.6. The summed E-state index contributed by atoms with van der Waals surface area (Å²) in [5, 5.41) is 10.3. The Balaban J connectivity index is 1.16. The number of rotatable bonds is 2. The van der Waals surface area contributed by atoms with Crippen molar-refractivity contribution in [2.45, 2.75) is 116 Å². The topological polar surface area (TPSA) is 32.7 Å². The average Bonchev–Trinajstić information content (AvgIpc) is 3.35. The molecule has 3 nitrogen and oxygen atoms in total. The highest BCUT2D eigenvalue weighted by atomic mass is 16.5. The molecule has 0 bridgehead atoms. The molecule has 38 heavy (non-hydrogen) atoms. The predicted molar refractivity (Wildman–Crippen MR) is 153 cm³/mol. The average molecular weight is 516 g/mol. The van der Waals surface area contributed by atoms with Gasteiger partial charge in [0, 0.05) is 25.0 Å². The molecule has 0 aromatic heterocycles. The molecule has 10 atom stereocenters. The lowest BCUT2D eigenvalue weighted by atomic mass is 9.56. The standard InChI is InChI=1S/C35H49NO2/c1-22-16-32-33(36(20-22)21-25-8-6-5-7-9-25)24(3)35(38-32)15-13-28-29-11-10-26-17-27(37)12-14-34(26,4)31(29)18-30(28)23(2)19-35/h5-9,17,22,24,27-29,31-33,37H,10-16,18-21H2,1-4H3/t22-,24+,27-,28-,29-,31-,32+,33-,34-,35-/m0/s1. The summed E-state index contributed by atoms with van der Waals surface area (Å²) in [6.45, 7) is 12.2. The summed E-state index contributed by atoms with van der Waals surface area (Å²) in [5.74, 6) is 3.59. The van der Waals surface area contributed by atoms with Gasteiger partial charge in [0.2, 0.25) is 0 Å². The predicted octanol–water partition coefficient (Wildman–Crippen LogP) is 7.30. The monoisotopic (exact) mass is 515 g/mol. The lowest BCUT2D eigenvalue weighted by Crippen LogP contribution is -2.51. The molecule has 4 fully saturated rings. The quantitative estimate of drug-likeness (QED) is 0.419. The molecule has 1 N–H and O–H groups in total. The fraction of sp³-hybridized carbons (Fsp3) is 0.714. The van der Waals surface area contributed by atoms with E-state index in [-0.39, 0.29) is 11.7 Å². The van der Waals surface area contributed by atoms with E-state index in [2.05, 4.69) is 69.0 Å². The zero-order chi connectivity index (χ0) is 26.2. The first-order chi connectivity index (χ1) is 18.3. The van der Waals surface area contributed by atoms with Gasteiger partial charge in [0.05, 0.1) is 17.8 Å². The van der Waals surface area contributed by atoms with E-state index < -0.39 is 0 Å². The van der Waals surface area contributed by atoms with Gasteiger partial charge in [-0.3, -0.25) is 4.90 Å². The summed E-state index contributed by atoms with van der Waals surface area (Å²) in [4.78, 5) is 2.78. The molecule has 0 radical (unpaired) electrons. The van der Waals surface area contributed by atoms with Gasteiger partial charge >= 0.3 is 0 Å². The summed E-state index contributed by atoms with van der Waals surface area (Å²) in [7, 11) is 0. The van der Waals surface area contributed by atoms with Crippen molar-refractivity contribution in [1.29, 1.82) is 0 Å². The van der Waals surface area contributed by atoms with Crippen LogP contribution in [0.15, 0.2) is 53.1 Å². The Bertz CT molecular complexity index is 1120. The Morgan fingerprint density at radius 3 is 2.71 bits per heavy atom. The van der Waals surface area contributed by atoms with Crippen molar-refractivity contribution < 1.29 is 9.84 Å². The first-order valence-corrected chi connectivity index (χ1v) is 15.8. The minimum Gasteiger partial charge on any atom is -0.389 e. The second-order valence-corrected chi connectivity index (χ2v) is 14.6. The number of ether oxygens (including phenoxy) is 1. The number of piperidine rings is 1. The normalized spacial score (nSPS) is 46.7. The Morgan fingerprint density at radius 2 is 1.89 bits per heavy atom. The zero-order valence-electron chi connectivity index (χ0n) is 24.2. The van der Waals surface area contributed by atoms with Crippen molar-refractivity contribution in [2.24, 2.45) is 35.0 Å². The molecule has 7 rings (SSSR count). The molecule has 4 aliphatic carbocycles. The molecular formula is C35H49NO2. The van der Waals surface area contributed by atoms with Crippen LogP contribution in [0.3, 0.4) is 0 Å². The molecule has 1 aromatic rings. The summed E-state index contributed by atoms with van der Waals surface area (Å²) >= 11 is 0. The van der Waals surface area contributed by atoms with E-state index in [9.17, 15) is 5.11 Å². The van der Waals surface area contributed by atoms with Crippen LogP contribution in [0.1, 0.15) is 91.0 Å². The van der Waals surface area contributed by atoms with Crippen molar-refractivity contribution in [2.75, 3.05) is 6.54 Å². The van der Waals surface area contributed by atoms with Crippen LogP contribution in [0.25, 0.3) is 0 Å². The van der Waals surface area contributed by atoms with E-state index >= 15 is 0 Å². The van der Waals surface area contributed by atoms with Crippen LogP contribution in [0.2, 0.25) is 0 Å². The van der Waals surface area contributed by atoms with Gasteiger partial charge in [0.1, 0.15) is 0 Å². The van der Waals surface area contributed by atoms with Crippen molar-refractivity contribution in [3.8, 4) is 0 Å². The molecule has 0 amide bonds. The minimum absolute atomic E-state index is 0.00380. The molecule has 1 spiro atoms. The van der Waals surface area contributed by atoms with Crippen molar-refractivity contribution >= 4 is 0 Å². The first-order valence-electron chi connectivity index (χ1n) is 15.8. The number of benzene rings is 1. The summed E-state index contributed by atoms with van der Waals surface area (Å²) in [5.41, 5.74) is 6.80. The molecule has 0 unspecified atom stereocenters. The van der Waals surface area contributed by atoms with E-state index in [1.807, 2.05) is 5.57 Å². The van der Waals surface area contributed by atoms with Crippen molar-refractivity contribution in [1.82, 2.24) is 4.90 Å². The highest BCUT2D eigenvalue weighted by molar-refractivity contribution is 5.33. The molecule has 6 aliphatic rings. The maximum absolute atomic E-state index is 10.3. The molecule has 206 valence electrons. The van der Waals surface area contributed by atoms with Gasteiger partial charge < -0.3 is 9.84 Å². The van der Waals surface area contributed by atoms with Gasteiger partial charge in [-0.2, -0.15) is 0 Å². The van der Waals surface area contributed by atoms with Gasteiger partial charge in [-0.05, 0) is 99.4 Å². The highest BCUT2D eigenvalue weighted by Crippen LogP contribution is 2.64. The fourth-order valence-electron chi connectivity index (χ4n) is 10.7. The van der Waals surface area contributed by atoms with Crippen LogP contribution in [0.5, 0.6) is 0 Å².